The van der Waals surface area contributed by atoms with Crippen LogP contribution in [-0.2, 0) is 11.3 Å². The van der Waals surface area contributed by atoms with Gasteiger partial charge in [0.05, 0.1) is 31.8 Å². The number of hydrogen-bond acceptors (Lipinski definition) is 7. The summed E-state index contributed by atoms with van der Waals surface area (Å²) in [7, 11) is 3.22. The molecule has 0 fully saturated rings. The minimum atomic E-state index is -0.165. The third kappa shape index (κ3) is 4.50. The number of fused-ring (bicyclic) bond motifs is 1. The molecule has 0 unspecified atom stereocenters. The van der Waals surface area contributed by atoms with Gasteiger partial charge >= 0.3 is 0 Å². The Balaban J connectivity index is 1.62. The molecule has 2 heterocycles. The van der Waals surface area contributed by atoms with Crippen molar-refractivity contribution in [3.63, 3.8) is 0 Å². The molecule has 142 valence electrons. The molecule has 3 aromatic rings. The molecule has 0 saturated heterocycles. The first-order chi connectivity index (χ1) is 13.2. The van der Waals surface area contributed by atoms with Gasteiger partial charge in [-0.25, -0.2) is 14.6 Å². The number of hydrogen-bond donors (Lipinski definition) is 2. The lowest BCUT2D eigenvalue weighted by Crippen LogP contribution is -2.27. The van der Waals surface area contributed by atoms with E-state index in [0.717, 1.165) is 5.39 Å². The number of amides is 1. The van der Waals surface area contributed by atoms with Crippen LogP contribution < -0.4 is 15.4 Å². The predicted molar refractivity (Wildman–Crippen MR) is 101 cm³/mol. The molecule has 0 aliphatic heterocycles. The minimum absolute atomic E-state index is 0.165. The van der Waals surface area contributed by atoms with E-state index in [2.05, 4.69) is 25.7 Å². The van der Waals surface area contributed by atoms with Crippen molar-refractivity contribution in [1.82, 2.24) is 25.1 Å². The van der Waals surface area contributed by atoms with Gasteiger partial charge in [-0.1, -0.05) is 6.07 Å². The number of carbonyl (C=O) groups excluding carboxylic acids is 1. The van der Waals surface area contributed by atoms with Crippen LogP contribution in [0.3, 0.4) is 0 Å². The largest absolute Gasteiger partial charge is 0.497 e. The molecule has 0 bridgehead atoms. The SMILES string of the molecule is COCCNc1ncnc2c1cnn2CCNC(=O)c1cccc(OC)c1. The summed E-state index contributed by atoms with van der Waals surface area (Å²) in [6, 6.07) is 7.02. The van der Waals surface area contributed by atoms with E-state index in [1.165, 1.54) is 6.33 Å². The molecule has 0 saturated carbocycles. The summed E-state index contributed by atoms with van der Waals surface area (Å²) >= 11 is 0. The van der Waals surface area contributed by atoms with Crippen molar-refractivity contribution in [2.45, 2.75) is 6.54 Å². The van der Waals surface area contributed by atoms with Crippen LogP contribution in [-0.4, -0.2) is 59.6 Å². The van der Waals surface area contributed by atoms with Gasteiger partial charge in [0.15, 0.2) is 5.65 Å². The second-order valence-electron chi connectivity index (χ2n) is 5.73. The summed E-state index contributed by atoms with van der Waals surface area (Å²) in [5.74, 6) is 1.19. The lowest BCUT2D eigenvalue weighted by Gasteiger charge is -2.08. The van der Waals surface area contributed by atoms with Crippen LogP contribution in [0.5, 0.6) is 5.75 Å². The maximum absolute atomic E-state index is 12.3. The van der Waals surface area contributed by atoms with Gasteiger partial charge in [-0.2, -0.15) is 5.10 Å². The standard InChI is InChI=1S/C18H22N6O3/c1-26-9-7-19-16-15-11-23-24(17(15)22-12-21-16)8-6-20-18(25)13-4-3-5-14(10-13)27-2/h3-5,10-12H,6-9H2,1-2H3,(H,20,25)(H,19,21,22). The molecule has 27 heavy (non-hydrogen) atoms. The van der Waals surface area contributed by atoms with Crippen LogP contribution in [0.1, 0.15) is 10.4 Å². The average Bonchev–Trinajstić information content (AvgIpc) is 3.12. The van der Waals surface area contributed by atoms with E-state index < -0.39 is 0 Å². The van der Waals surface area contributed by atoms with Gasteiger partial charge < -0.3 is 20.1 Å². The molecule has 2 aromatic heterocycles. The van der Waals surface area contributed by atoms with E-state index in [1.54, 1.807) is 49.4 Å². The summed E-state index contributed by atoms with van der Waals surface area (Å²) in [6.07, 6.45) is 3.21. The van der Waals surface area contributed by atoms with Gasteiger partial charge in [-0.3, -0.25) is 4.79 Å². The highest BCUT2D eigenvalue weighted by molar-refractivity contribution is 5.94. The Kier molecular flexibility index (Phi) is 6.16. The number of nitrogens with zero attached hydrogens (tertiary/aromatic N) is 4. The lowest BCUT2D eigenvalue weighted by molar-refractivity contribution is 0.0951. The molecule has 0 atom stereocenters. The van der Waals surface area contributed by atoms with Crippen LogP contribution in [0.25, 0.3) is 11.0 Å². The maximum Gasteiger partial charge on any atom is 0.251 e. The van der Waals surface area contributed by atoms with Crippen LogP contribution in [0.4, 0.5) is 5.82 Å². The fourth-order valence-electron chi connectivity index (χ4n) is 2.61. The minimum Gasteiger partial charge on any atom is -0.497 e. The first-order valence-corrected chi connectivity index (χ1v) is 8.54. The van der Waals surface area contributed by atoms with Gasteiger partial charge in [-0.05, 0) is 18.2 Å². The molecule has 2 N–H and O–H groups in total. The summed E-state index contributed by atoms with van der Waals surface area (Å²) in [5.41, 5.74) is 1.26. The third-order valence-electron chi connectivity index (χ3n) is 3.97. The highest BCUT2D eigenvalue weighted by Gasteiger charge is 2.10. The molecule has 9 heteroatoms. The highest BCUT2D eigenvalue weighted by atomic mass is 16.5. The second kappa shape index (κ2) is 8.95. The molecule has 1 amide bonds. The van der Waals surface area contributed by atoms with E-state index >= 15 is 0 Å². The molecule has 0 spiro atoms. The van der Waals surface area contributed by atoms with E-state index in [4.69, 9.17) is 9.47 Å². The Morgan fingerprint density at radius 1 is 1.22 bits per heavy atom. The van der Waals surface area contributed by atoms with Crippen molar-refractivity contribution in [3.05, 3.63) is 42.4 Å². The Morgan fingerprint density at radius 3 is 2.93 bits per heavy atom. The second-order valence-corrected chi connectivity index (χ2v) is 5.73. The van der Waals surface area contributed by atoms with Gasteiger partial charge in [0.2, 0.25) is 0 Å². The lowest BCUT2D eigenvalue weighted by atomic mass is 10.2. The number of carbonyl (C=O) groups is 1. The van der Waals surface area contributed by atoms with Gasteiger partial charge in [0, 0.05) is 25.8 Å². The average molecular weight is 370 g/mol. The van der Waals surface area contributed by atoms with Crippen LogP contribution >= 0.6 is 0 Å². The first kappa shape index (κ1) is 18.6. The Hall–Kier alpha value is -3.20. The number of aromatic nitrogens is 4. The van der Waals surface area contributed by atoms with Crippen molar-refractivity contribution >= 4 is 22.8 Å². The molecule has 3 rings (SSSR count). The Labute approximate surface area is 156 Å². The predicted octanol–water partition coefficient (Wildman–Crippen LogP) is 1.32. The molecule has 0 radical (unpaired) electrons. The summed E-state index contributed by atoms with van der Waals surface area (Å²) < 4.78 is 11.9. The molecule has 1 aromatic carbocycles. The molecule has 9 nitrogen and oxygen atoms in total. The molecular formula is C18H22N6O3. The van der Waals surface area contributed by atoms with Crippen molar-refractivity contribution in [2.24, 2.45) is 0 Å². The summed E-state index contributed by atoms with van der Waals surface area (Å²) in [4.78, 5) is 20.8. The van der Waals surface area contributed by atoms with Crippen LogP contribution in [0.15, 0.2) is 36.8 Å². The quantitative estimate of drug-likeness (QED) is 0.548. The summed E-state index contributed by atoms with van der Waals surface area (Å²) in [6.45, 7) is 2.14. The Bertz CT molecular complexity index is 911. The van der Waals surface area contributed by atoms with Crippen LogP contribution in [0.2, 0.25) is 0 Å². The van der Waals surface area contributed by atoms with Crippen molar-refractivity contribution in [3.8, 4) is 5.75 Å². The fourth-order valence-corrected chi connectivity index (χ4v) is 2.61. The first-order valence-electron chi connectivity index (χ1n) is 8.54. The number of benzene rings is 1. The zero-order valence-corrected chi connectivity index (χ0v) is 15.3. The monoisotopic (exact) mass is 370 g/mol. The zero-order chi connectivity index (χ0) is 19.1. The smallest absolute Gasteiger partial charge is 0.251 e. The number of ether oxygens (including phenoxy) is 2. The van der Waals surface area contributed by atoms with E-state index in [-0.39, 0.29) is 5.91 Å². The fraction of sp³-hybridized carbons (Fsp3) is 0.333. The van der Waals surface area contributed by atoms with Crippen molar-refractivity contribution in [1.29, 1.82) is 0 Å². The molecular weight excluding hydrogens is 348 g/mol. The number of nitrogens with one attached hydrogen (secondary N) is 2. The third-order valence-corrected chi connectivity index (χ3v) is 3.97. The number of methoxy groups -OCH3 is 2. The Morgan fingerprint density at radius 2 is 2.11 bits per heavy atom. The molecule has 0 aliphatic carbocycles. The number of rotatable bonds is 9. The van der Waals surface area contributed by atoms with Gasteiger partial charge in [0.25, 0.3) is 5.91 Å². The van der Waals surface area contributed by atoms with Gasteiger partial charge in [0.1, 0.15) is 17.9 Å². The zero-order valence-electron chi connectivity index (χ0n) is 15.3. The highest BCUT2D eigenvalue weighted by Crippen LogP contribution is 2.18. The topological polar surface area (TPSA) is 103 Å². The molecule has 0 aliphatic rings. The van der Waals surface area contributed by atoms with Gasteiger partial charge in [-0.15, -0.1) is 0 Å². The van der Waals surface area contributed by atoms with E-state index in [1.807, 2.05) is 0 Å². The van der Waals surface area contributed by atoms with Crippen molar-refractivity contribution in [2.75, 3.05) is 39.2 Å². The summed E-state index contributed by atoms with van der Waals surface area (Å²) in [5, 5.41) is 11.3. The number of anilines is 1. The normalized spacial score (nSPS) is 10.7. The maximum atomic E-state index is 12.3. The van der Waals surface area contributed by atoms with Crippen molar-refractivity contribution < 1.29 is 14.3 Å². The van der Waals surface area contributed by atoms with Crippen LogP contribution in [0, 0.1) is 0 Å². The van der Waals surface area contributed by atoms with E-state index in [9.17, 15) is 4.79 Å². The van der Waals surface area contributed by atoms with E-state index in [0.29, 0.717) is 49.0 Å².